The summed E-state index contributed by atoms with van der Waals surface area (Å²) in [5.74, 6) is 1.83. The summed E-state index contributed by atoms with van der Waals surface area (Å²) in [6, 6.07) is 0. The van der Waals surface area contributed by atoms with Gasteiger partial charge < -0.3 is 15.3 Å². The number of aliphatic hydroxyl groups excluding tert-OH is 2. The van der Waals surface area contributed by atoms with E-state index in [4.69, 9.17) is 0 Å². The molecule has 0 heterocycles. The Hall–Kier alpha value is -0.120. The van der Waals surface area contributed by atoms with Crippen molar-refractivity contribution < 1.29 is 15.3 Å². The lowest BCUT2D eigenvalue weighted by Gasteiger charge is -2.62. The van der Waals surface area contributed by atoms with Crippen molar-refractivity contribution in [3.63, 3.8) is 0 Å². The molecule has 0 spiro atoms. The minimum Gasteiger partial charge on any atom is -0.393 e. The molecule has 4 aliphatic rings. The first kappa shape index (κ1) is 16.4. The highest BCUT2D eigenvalue weighted by molar-refractivity contribution is 5.14. The van der Waals surface area contributed by atoms with Crippen LogP contribution in [0.2, 0.25) is 0 Å². The summed E-state index contributed by atoms with van der Waals surface area (Å²) < 4.78 is 0. The maximum Gasteiger partial charge on any atom is 0.0675 e. The van der Waals surface area contributed by atoms with Crippen LogP contribution in [0.25, 0.3) is 0 Å². The van der Waals surface area contributed by atoms with E-state index in [0.717, 1.165) is 51.4 Å². The van der Waals surface area contributed by atoms with Crippen LogP contribution in [0, 0.1) is 34.5 Å². The van der Waals surface area contributed by atoms with Crippen LogP contribution in [-0.4, -0.2) is 33.1 Å². The molecule has 4 rings (SSSR count). The van der Waals surface area contributed by atoms with Gasteiger partial charge in [0.1, 0.15) is 0 Å². The van der Waals surface area contributed by atoms with Gasteiger partial charge in [-0.25, -0.2) is 0 Å². The maximum absolute atomic E-state index is 11.0. The molecule has 3 N–H and O–H groups in total. The Morgan fingerprint density at radius 3 is 2.26 bits per heavy atom. The summed E-state index contributed by atoms with van der Waals surface area (Å²) in [7, 11) is 0. The molecular weight excluding hydrogens is 288 g/mol. The average molecular weight is 322 g/mol. The van der Waals surface area contributed by atoms with Gasteiger partial charge in [0.15, 0.2) is 0 Å². The van der Waals surface area contributed by atoms with Crippen molar-refractivity contribution in [1.82, 2.24) is 0 Å². The summed E-state index contributed by atoms with van der Waals surface area (Å²) in [6.07, 6.45) is 7.49. The fraction of sp³-hybridized carbons (Fsp3) is 1.00. The van der Waals surface area contributed by atoms with Crippen molar-refractivity contribution in [2.45, 2.75) is 89.9 Å². The molecule has 0 aromatic carbocycles. The van der Waals surface area contributed by atoms with Crippen molar-refractivity contribution in [2.24, 2.45) is 34.5 Å². The SMILES string of the molecule is C[C@]12CC[C@@H](O)C[C@@H]1C[C@H](O)[C@@H]1[C@@H]2CC[C@@]2(C)[C@H]1CC[C@]2(C)O. The molecule has 0 bridgehead atoms. The van der Waals surface area contributed by atoms with Crippen LogP contribution in [0.3, 0.4) is 0 Å². The highest BCUT2D eigenvalue weighted by Gasteiger charge is 2.65. The van der Waals surface area contributed by atoms with E-state index in [-0.39, 0.29) is 23.0 Å². The second kappa shape index (κ2) is 4.95. The van der Waals surface area contributed by atoms with Crippen LogP contribution >= 0.6 is 0 Å². The number of hydrogen-bond donors (Lipinski definition) is 3. The third-order valence-electron chi connectivity index (χ3n) is 9.22. The minimum absolute atomic E-state index is 0.0352. The third-order valence-corrected chi connectivity index (χ3v) is 9.22. The van der Waals surface area contributed by atoms with E-state index in [1.807, 2.05) is 6.92 Å². The Kier molecular flexibility index (Phi) is 3.52. The zero-order chi connectivity index (χ0) is 16.6. The molecule has 4 saturated carbocycles. The molecule has 4 fully saturated rings. The lowest BCUT2D eigenvalue weighted by atomic mass is 9.44. The van der Waals surface area contributed by atoms with Gasteiger partial charge in [0.2, 0.25) is 0 Å². The van der Waals surface area contributed by atoms with Crippen LogP contribution in [0.15, 0.2) is 0 Å². The van der Waals surface area contributed by atoms with Crippen molar-refractivity contribution in [2.75, 3.05) is 0 Å². The molecule has 0 aromatic rings. The highest BCUT2D eigenvalue weighted by atomic mass is 16.3. The summed E-state index contributed by atoms with van der Waals surface area (Å²) >= 11 is 0. The number of fused-ring (bicyclic) bond motifs is 5. The summed E-state index contributed by atoms with van der Waals surface area (Å²) in [4.78, 5) is 0. The zero-order valence-corrected chi connectivity index (χ0v) is 15.0. The van der Waals surface area contributed by atoms with E-state index in [2.05, 4.69) is 13.8 Å². The normalized spacial score (nSPS) is 62.3. The van der Waals surface area contributed by atoms with Gasteiger partial charge in [-0.05, 0) is 92.8 Å². The summed E-state index contributed by atoms with van der Waals surface area (Å²) in [6.45, 7) is 6.72. The van der Waals surface area contributed by atoms with E-state index >= 15 is 0 Å². The quantitative estimate of drug-likeness (QED) is 0.642. The van der Waals surface area contributed by atoms with Gasteiger partial charge in [0.25, 0.3) is 0 Å². The number of rotatable bonds is 0. The van der Waals surface area contributed by atoms with Crippen LogP contribution < -0.4 is 0 Å². The predicted octanol–water partition coefficient (Wildman–Crippen LogP) is 3.11. The molecule has 0 unspecified atom stereocenters. The summed E-state index contributed by atoms with van der Waals surface area (Å²) in [5.41, 5.74) is -0.339. The van der Waals surface area contributed by atoms with E-state index in [1.54, 1.807) is 0 Å². The molecule has 3 heteroatoms. The van der Waals surface area contributed by atoms with Crippen LogP contribution in [-0.2, 0) is 0 Å². The van der Waals surface area contributed by atoms with E-state index in [9.17, 15) is 15.3 Å². The molecule has 132 valence electrons. The summed E-state index contributed by atoms with van der Waals surface area (Å²) in [5, 5.41) is 32.0. The smallest absolute Gasteiger partial charge is 0.0675 e. The second-order valence-electron chi connectivity index (χ2n) is 9.99. The monoisotopic (exact) mass is 322 g/mol. The van der Waals surface area contributed by atoms with Gasteiger partial charge in [0.05, 0.1) is 17.8 Å². The number of aliphatic hydroxyl groups is 3. The molecule has 0 amide bonds. The Bertz CT molecular complexity index is 489. The molecule has 0 aromatic heterocycles. The molecule has 9 atom stereocenters. The van der Waals surface area contributed by atoms with E-state index in [0.29, 0.717) is 23.7 Å². The van der Waals surface area contributed by atoms with Gasteiger partial charge in [-0.3, -0.25) is 0 Å². The fourth-order valence-corrected chi connectivity index (χ4v) is 7.45. The van der Waals surface area contributed by atoms with Crippen molar-refractivity contribution in [3.05, 3.63) is 0 Å². The van der Waals surface area contributed by atoms with Gasteiger partial charge in [-0.2, -0.15) is 0 Å². The first-order chi connectivity index (χ1) is 10.7. The lowest BCUT2D eigenvalue weighted by molar-refractivity contribution is -0.188. The lowest BCUT2D eigenvalue weighted by Crippen LogP contribution is -2.60. The number of hydrogen-bond acceptors (Lipinski definition) is 3. The largest absolute Gasteiger partial charge is 0.393 e. The molecule has 0 aliphatic heterocycles. The average Bonchev–Trinajstić information content (AvgIpc) is 2.72. The maximum atomic E-state index is 11.0. The van der Waals surface area contributed by atoms with Gasteiger partial charge >= 0.3 is 0 Å². The van der Waals surface area contributed by atoms with Crippen LogP contribution in [0.4, 0.5) is 0 Å². The first-order valence-electron chi connectivity index (χ1n) is 9.77. The minimum atomic E-state index is -0.580. The van der Waals surface area contributed by atoms with Crippen LogP contribution in [0.5, 0.6) is 0 Å². The molecule has 3 nitrogen and oxygen atoms in total. The Morgan fingerprint density at radius 1 is 0.826 bits per heavy atom. The third kappa shape index (κ3) is 2.05. The Labute approximate surface area is 140 Å². The second-order valence-corrected chi connectivity index (χ2v) is 9.99. The molecule has 0 radical (unpaired) electrons. The molecule has 0 saturated heterocycles. The standard InChI is InChI=1S/C20H34O3/c1-18-7-4-13(21)10-12(18)11-16(22)17-14(18)5-8-19(2)15(17)6-9-20(19,3)23/h12-17,21-23H,4-11H2,1-3H3/t12-,13-,14+,15+,16+,17-,18+,19+,20+/m1/s1. The topological polar surface area (TPSA) is 60.7 Å². The first-order valence-corrected chi connectivity index (χ1v) is 9.77. The molecular formula is C20H34O3. The highest BCUT2D eigenvalue weighted by Crippen LogP contribution is 2.68. The molecule has 23 heavy (non-hydrogen) atoms. The van der Waals surface area contributed by atoms with E-state index < -0.39 is 5.60 Å². The van der Waals surface area contributed by atoms with Crippen molar-refractivity contribution >= 4 is 0 Å². The van der Waals surface area contributed by atoms with Gasteiger partial charge in [-0.15, -0.1) is 0 Å². The van der Waals surface area contributed by atoms with Crippen LogP contribution in [0.1, 0.15) is 72.1 Å². The zero-order valence-electron chi connectivity index (χ0n) is 15.0. The van der Waals surface area contributed by atoms with Gasteiger partial charge in [0, 0.05) is 0 Å². The Morgan fingerprint density at radius 2 is 1.52 bits per heavy atom. The van der Waals surface area contributed by atoms with Crippen molar-refractivity contribution in [1.29, 1.82) is 0 Å². The molecule has 4 aliphatic carbocycles. The fourth-order valence-electron chi connectivity index (χ4n) is 7.45. The predicted molar refractivity (Wildman–Crippen MR) is 89.7 cm³/mol. The van der Waals surface area contributed by atoms with E-state index in [1.165, 1.54) is 0 Å². The Balaban J connectivity index is 1.68. The van der Waals surface area contributed by atoms with Gasteiger partial charge in [-0.1, -0.05) is 13.8 Å². The van der Waals surface area contributed by atoms with Crippen molar-refractivity contribution in [3.8, 4) is 0 Å².